The summed E-state index contributed by atoms with van der Waals surface area (Å²) >= 11 is 0. The molecule has 2 aromatic rings. The van der Waals surface area contributed by atoms with Crippen LogP contribution in [-0.2, 0) is 6.54 Å². The molecule has 1 saturated carbocycles. The SMILES string of the molecule is Cc1nc2cc(N)ccc2n1CCC1CCCC(C)C1. The van der Waals surface area contributed by atoms with Crippen molar-refractivity contribution < 1.29 is 0 Å². The lowest BCUT2D eigenvalue weighted by Gasteiger charge is -2.26. The molecule has 2 unspecified atom stereocenters. The number of rotatable bonds is 3. The zero-order valence-corrected chi connectivity index (χ0v) is 12.6. The minimum atomic E-state index is 0.795. The fourth-order valence-corrected chi connectivity index (χ4v) is 3.68. The third-order valence-corrected chi connectivity index (χ3v) is 4.77. The minimum Gasteiger partial charge on any atom is -0.399 e. The van der Waals surface area contributed by atoms with Crippen LogP contribution in [0.1, 0.15) is 44.9 Å². The van der Waals surface area contributed by atoms with Crippen molar-refractivity contribution in [1.29, 1.82) is 0 Å². The predicted molar refractivity (Wildman–Crippen MR) is 84.6 cm³/mol. The van der Waals surface area contributed by atoms with Gasteiger partial charge in [0.25, 0.3) is 0 Å². The van der Waals surface area contributed by atoms with Crippen LogP contribution < -0.4 is 5.73 Å². The van der Waals surface area contributed by atoms with E-state index in [9.17, 15) is 0 Å². The number of anilines is 1. The molecule has 108 valence electrons. The van der Waals surface area contributed by atoms with Crippen LogP contribution in [0.5, 0.6) is 0 Å². The van der Waals surface area contributed by atoms with Crippen LogP contribution in [0.3, 0.4) is 0 Å². The molecule has 1 aromatic heterocycles. The van der Waals surface area contributed by atoms with E-state index in [1.54, 1.807) is 0 Å². The molecule has 1 aromatic carbocycles. The minimum absolute atomic E-state index is 0.795. The lowest BCUT2D eigenvalue weighted by Crippen LogP contribution is -2.15. The average molecular weight is 271 g/mol. The number of nitrogens with two attached hydrogens (primary N) is 1. The van der Waals surface area contributed by atoms with E-state index >= 15 is 0 Å². The van der Waals surface area contributed by atoms with Gasteiger partial charge in [0.2, 0.25) is 0 Å². The summed E-state index contributed by atoms with van der Waals surface area (Å²) in [4.78, 5) is 4.64. The van der Waals surface area contributed by atoms with E-state index in [2.05, 4.69) is 29.5 Å². The summed E-state index contributed by atoms with van der Waals surface area (Å²) in [5, 5.41) is 0. The van der Waals surface area contributed by atoms with Gasteiger partial charge in [-0.3, -0.25) is 0 Å². The van der Waals surface area contributed by atoms with Gasteiger partial charge in [0, 0.05) is 12.2 Å². The molecule has 3 nitrogen and oxygen atoms in total. The molecular weight excluding hydrogens is 246 g/mol. The third kappa shape index (κ3) is 2.67. The Hall–Kier alpha value is -1.51. The van der Waals surface area contributed by atoms with Crippen molar-refractivity contribution in [3.8, 4) is 0 Å². The number of nitrogen functional groups attached to an aromatic ring is 1. The van der Waals surface area contributed by atoms with E-state index in [-0.39, 0.29) is 0 Å². The molecular formula is C17H25N3. The summed E-state index contributed by atoms with van der Waals surface area (Å²) in [6.07, 6.45) is 6.91. The maximum atomic E-state index is 5.84. The second kappa shape index (κ2) is 5.47. The molecule has 0 bridgehead atoms. The highest BCUT2D eigenvalue weighted by atomic mass is 15.1. The maximum absolute atomic E-state index is 5.84. The highest BCUT2D eigenvalue weighted by molar-refractivity contribution is 5.79. The second-order valence-corrected chi connectivity index (χ2v) is 6.49. The standard InChI is InChI=1S/C17H25N3/c1-12-4-3-5-14(10-12)8-9-20-13(2)19-16-11-15(18)6-7-17(16)20/h6-7,11-12,14H,3-5,8-10,18H2,1-2H3. The number of nitrogens with zero attached hydrogens (tertiary/aromatic N) is 2. The zero-order chi connectivity index (χ0) is 14.1. The summed E-state index contributed by atoms with van der Waals surface area (Å²) in [7, 11) is 0. The Bertz CT molecular complexity index is 600. The normalized spacial score (nSPS) is 23.3. The molecule has 0 aliphatic heterocycles. The van der Waals surface area contributed by atoms with Crippen LogP contribution in [0, 0.1) is 18.8 Å². The van der Waals surface area contributed by atoms with E-state index in [1.807, 2.05) is 12.1 Å². The largest absolute Gasteiger partial charge is 0.399 e. The van der Waals surface area contributed by atoms with Gasteiger partial charge in [-0.25, -0.2) is 4.98 Å². The number of fused-ring (bicyclic) bond motifs is 1. The molecule has 0 spiro atoms. The Morgan fingerprint density at radius 1 is 1.35 bits per heavy atom. The Kier molecular flexibility index (Phi) is 3.68. The van der Waals surface area contributed by atoms with Crippen molar-refractivity contribution in [2.75, 3.05) is 5.73 Å². The molecule has 2 N–H and O–H groups in total. The van der Waals surface area contributed by atoms with Gasteiger partial charge in [-0.05, 0) is 49.8 Å². The first kappa shape index (κ1) is 13.5. The molecule has 3 rings (SSSR count). The van der Waals surface area contributed by atoms with Gasteiger partial charge in [-0.1, -0.05) is 26.2 Å². The number of hydrogen-bond donors (Lipinski definition) is 1. The third-order valence-electron chi connectivity index (χ3n) is 4.77. The smallest absolute Gasteiger partial charge is 0.106 e. The van der Waals surface area contributed by atoms with Crippen molar-refractivity contribution in [3.63, 3.8) is 0 Å². The Morgan fingerprint density at radius 2 is 2.20 bits per heavy atom. The summed E-state index contributed by atoms with van der Waals surface area (Å²) < 4.78 is 2.36. The van der Waals surface area contributed by atoms with Crippen LogP contribution >= 0.6 is 0 Å². The molecule has 0 amide bonds. The van der Waals surface area contributed by atoms with Crippen LogP contribution in [0.25, 0.3) is 11.0 Å². The summed E-state index contributed by atoms with van der Waals surface area (Å²) in [5.41, 5.74) is 8.88. The zero-order valence-electron chi connectivity index (χ0n) is 12.6. The average Bonchev–Trinajstić information content (AvgIpc) is 2.71. The lowest BCUT2D eigenvalue weighted by molar-refractivity contribution is 0.261. The fraction of sp³-hybridized carbons (Fsp3) is 0.588. The van der Waals surface area contributed by atoms with Crippen molar-refractivity contribution in [2.24, 2.45) is 11.8 Å². The first-order valence-electron chi connectivity index (χ1n) is 7.86. The van der Waals surface area contributed by atoms with Crippen molar-refractivity contribution in [2.45, 2.75) is 52.5 Å². The predicted octanol–water partition coefficient (Wildman–Crippen LogP) is 4.14. The van der Waals surface area contributed by atoms with E-state index in [4.69, 9.17) is 5.73 Å². The van der Waals surface area contributed by atoms with E-state index in [0.717, 1.165) is 35.4 Å². The van der Waals surface area contributed by atoms with Gasteiger partial charge >= 0.3 is 0 Å². The lowest BCUT2D eigenvalue weighted by atomic mass is 9.81. The second-order valence-electron chi connectivity index (χ2n) is 6.49. The van der Waals surface area contributed by atoms with Crippen LogP contribution in [-0.4, -0.2) is 9.55 Å². The molecule has 3 heteroatoms. The monoisotopic (exact) mass is 271 g/mol. The van der Waals surface area contributed by atoms with Gasteiger partial charge in [0.15, 0.2) is 0 Å². The van der Waals surface area contributed by atoms with Gasteiger partial charge in [-0.15, -0.1) is 0 Å². The Balaban J connectivity index is 1.75. The molecule has 1 heterocycles. The van der Waals surface area contributed by atoms with Crippen LogP contribution in [0.2, 0.25) is 0 Å². The van der Waals surface area contributed by atoms with Gasteiger partial charge in [0.05, 0.1) is 11.0 Å². The Labute approximate surface area is 121 Å². The fourth-order valence-electron chi connectivity index (χ4n) is 3.68. The highest BCUT2D eigenvalue weighted by Crippen LogP contribution is 2.31. The Morgan fingerprint density at radius 3 is 3.00 bits per heavy atom. The number of aryl methyl sites for hydroxylation is 2. The highest BCUT2D eigenvalue weighted by Gasteiger charge is 2.19. The number of imidazole rings is 1. The van der Waals surface area contributed by atoms with Crippen molar-refractivity contribution >= 4 is 16.7 Å². The molecule has 20 heavy (non-hydrogen) atoms. The molecule has 1 aliphatic rings. The van der Waals surface area contributed by atoms with E-state index in [0.29, 0.717) is 0 Å². The van der Waals surface area contributed by atoms with Crippen molar-refractivity contribution in [1.82, 2.24) is 9.55 Å². The van der Waals surface area contributed by atoms with Gasteiger partial charge in [0.1, 0.15) is 5.82 Å². The summed E-state index contributed by atoms with van der Waals surface area (Å²) in [5.74, 6) is 2.91. The first-order chi connectivity index (χ1) is 9.63. The van der Waals surface area contributed by atoms with E-state index in [1.165, 1.54) is 37.6 Å². The first-order valence-corrected chi connectivity index (χ1v) is 7.86. The van der Waals surface area contributed by atoms with E-state index < -0.39 is 0 Å². The number of aromatic nitrogens is 2. The quantitative estimate of drug-likeness (QED) is 0.852. The maximum Gasteiger partial charge on any atom is 0.106 e. The molecule has 0 saturated heterocycles. The molecule has 0 radical (unpaired) electrons. The van der Waals surface area contributed by atoms with Crippen LogP contribution in [0.15, 0.2) is 18.2 Å². The summed E-state index contributed by atoms with van der Waals surface area (Å²) in [6, 6.07) is 6.05. The topological polar surface area (TPSA) is 43.8 Å². The van der Waals surface area contributed by atoms with Crippen LogP contribution in [0.4, 0.5) is 5.69 Å². The molecule has 1 aliphatic carbocycles. The molecule has 2 atom stereocenters. The van der Waals surface area contributed by atoms with Crippen molar-refractivity contribution in [3.05, 3.63) is 24.0 Å². The summed E-state index contributed by atoms with van der Waals surface area (Å²) in [6.45, 7) is 5.58. The van der Waals surface area contributed by atoms with Gasteiger partial charge in [-0.2, -0.15) is 0 Å². The van der Waals surface area contributed by atoms with Gasteiger partial charge < -0.3 is 10.3 Å². The number of benzene rings is 1. The molecule has 1 fully saturated rings. The number of hydrogen-bond acceptors (Lipinski definition) is 2.